The van der Waals surface area contributed by atoms with E-state index in [2.05, 4.69) is 140 Å². The van der Waals surface area contributed by atoms with Gasteiger partial charge < -0.3 is 67.6 Å². The Morgan fingerprint density at radius 1 is 0.436 bits per heavy atom. The number of rotatable bonds is 21. The SMILES string of the molecule is CN1CCN(c2ccc(C3=Nc4c(ncnc4-c4ccc(OC5CCOCC5)c(C#N)c4)C3)cc2)CC1.Cc1nc(-c2ccc(OC3CCOCC3)c(C#N)c2)c2[nH]c(-c3ccc(N4CCOCC4)cc3)nc2n1.Cn1cc(C2=Nc3c(ncnc3-c3ccc(OC4CCOCC4)c(C#N)c3)C2)cn1.N#Cc1cc(-c2ncnc3c2N=C(c2ccc(C4CCN(CC(F)(F)F)CC4)cc2)C3)ccc1OC1CCN(C(=O)CO)CC1. The molecule has 7 fully saturated rings. The van der Waals surface area contributed by atoms with E-state index < -0.39 is 19.3 Å². The Hall–Kier alpha value is -15.7. The molecule has 10 aliphatic heterocycles. The number of aliphatic hydroxyl groups is 1. The number of anilines is 2. The summed E-state index contributed by atoms with van der Waals surface area (Å²) < 4.78 is 86.1. The van der Waals surface area contributed by atoms with Gasteiger partial charge in [-0.05, 0) is 172 Å². The number of halogens is 3. The summed E-state index contributed by atoms with van der Waals surface area (Å²) in [7, 11) is 4.05. The Morgan fingerprint density at radius 3 is 1.23 bits per heavy atom. The number of piperazine rings is 1. The minimum Gasteiger partial charge on any atom is -0.489 e. The number of carbonyl (C=O) groups excluding carboxylic acids is 1. The number of amides is 1. The molecule has 10 aliphatic rings. The maximum absolute atomic E-state index is 12.7. The van der Waals surface area contributed by atoms with Crippen molar-refractivity contribution < 1.29 is 61.0 Å². The molecular formula is C112H111F3N24O10. The van der Waals surface area contributed by atoms with E-state index in [-0.39, 0.29) is 36.2 Å². The van der Waals surface area contributed by atoms with Crippen LogP contribution in [0.15, 0.2) is 192 Å². The Balaban J connectivity index is 0.000000121. The lowest BCUT2D eigenvalue weighted by Gasteiger charge is -2.34. The van der Waals surface area contributed by atoms with Crippen molar-refractivity contribution in [2.75, 3.05) is 148 Å². The van der Waals surface area contributed by atoms with Gasteiger partial charge in [0.2, 0.25) is 5.91 Å². The molecule has 0 atom stereocenters. The van der Waals surface area contributed by atoms with E-state index in [9.17, 15) is 39.0 Å². The number of alkyl halides is 3. The molecule has 13 aromatic rings. The molecule has 760 valence electrons. The molecule has 0 spiro atoms. The summed E-state index contributed by atoms with van der Waals surface area (Å²) in [6.45, 7) is 14.0. The zero-order chi connectivity index (χ0) is 102. The van der Waals surface area contributed by atoms with E-state index in [4.69, 9.17) is 67.9 Å². The molecular weight excluding hydrogens is 1900 g/mol. The Morgan fingerprint density at radius 2 is 0.826 bits per heavy atom. The molecule has 2 N–H and O–H groups in total. The fourth-order valence-corrected chi connectivity index (χ4v) is 20.1. The molecule has 0 saturated carbocycles. The topological polar surface area (TPSA) is 409 Å². The second kappa shape index (κ2) is 46.1. The van der Waals surface area contributed by atoms with Gasteiger partial charge in [-0.3, -0.25) is 14.4 Å². The van der Waals surface area contributed by atoms with Gasteiger partial charge in [-0.25, -0.2) is 59.8 Å². The van der Waals surface area contributed by atoms with Gasteiger partial charge in [0.15, 0.2) is 5.65 Å². The van der Waals surface area contributed by atoms with Crippen LogP contribution in [0.5, 0.6) is 23.0 Å². The lowest BCUT2D eigenvalue weighted by Crippen LogP contribution is -2.44. The van der Waals surface area contributed by atoms with Crippen molar-refractivity contribution in [2.45, 2.75) is 127 Å². The summed E-state index contributed by atoms with van der Waals surface area (Å²) >= 11 is 0. The fourth-order valence-electron chi connectivity index (χ4n) is 20.1. The number of aliphatic imine (C=N–C) groups is 3. The predicted molar refractivity (Wildman–Crippen MR) is 552 cm³/mol. The summed E-state index contributed by atoms with van der Waals surface area (Å²) in [5, 5.41) is 52.6. The molecule has 7 saturated heterocycles. The number of morpholine rings is 1. The van der Waals surface area contributed by atoms with Crippen molar-refractivity contribution in [3.05, 3.63) is 244 Å². The van der Waals surface area contributed by atoms with Crippen LogP contribution in [0.1, 0.15) is 138 Å². The first-order valence-electron chi connectivity index (χ1n) is 50.6. The maximum atomic E-state index is 12.7. The van der Waals surface area contributed by atoms with Crippen molar-refractivity contribution in [1.29, 1.82) is 21.0 Å². The van der Waals surface area contributed by atoms with Crippen LogP contribution < -0.4 is 28.7 Å². The number of aliphatic hydroxyl groups excluding tert-OH is 1. The number of hydrogen-bond donors (Lipinski definition) is 2. The number of imidazole rings is 1. The predicted octanol–water partition coefficient (Wildman–Crippen LogP) is 16.0. The number of likely N-dealkylation sites (tertiary alicyclic amines) is 2. The highest BCUT2D eigenvalue weighted by atomic mass is 19.4. The van der Waals surface area contributed by atoms with E-state index in [1.807, 2.05) is 105 Å². The lowest BCUT2D eigenvalue weighted by atomic mass is 9.88. The summed E-state index contributed by atoms with van der Waals surface area (Å²) in [5.74, 6) is 3.53. The number of nitrogens with zero attached hydrogens (tertiary/aromatic N) is 23. The molecule has 0 unspecified atom stereocenters. The molecule has 0 bridgehead atoms. The van der Waals surface area contributed by atoms with Crippen molar-refractivity contribution in [3.63, 3.8) is 0 Å². The third kappa shape index (κ3) is 23.9. The number of fused-ring (bicyclic) bond motifs is 4. The highest BCUT2D eigenvalue weighted by molar-refractivity contribution is 6.09. The van der Waals surface area contributed by atoms with Crippen LogP contribution in [-0.4, -0.2) is 272 Å². The zero-order valence-electron chi connectivity index (χ0n) is 83.0. The number of H-pyrrole nitrogens is 1. The van der Waals surface area contributed by atoms with E-state index >= 15 is 0 Å². The van der Waals surface area contributed by atoms with Crippen molar-refractivity contribution in [3.8, 4) is 104 Å². The fraction of sp³-hybridized carbons (Fsp3) is 0.375. The molecule has 16 heterocycles. The number of ether oxygens (including phenoxy) is 8. The smallest absolute Gasteiger partial charge is 0.401 e. The number of nitriles is 4. The zero-order valence-corrected chi connectivity index (χ0v) is 83.0. The van der Waals surface area contributed by atoms with Crippen LogP contribution in [0, 0.1) is 52.2 Å². The number of aromatic nitrogens is 12. The van der Waals surface area contributed by atoms with E-state index in [0.29, 0.717) is 190 Å². The third-order valence-corrected chi connectivity index (χ3v) is 28.3. The summed E-state index contributed by atoms with van der Waals surface area (Å²) in [4.78, 5) is 81.0. The Kier molecular flexibility index (Phi) is 31.2. The lowest BCUT2D eigenvalue weighted by molar-refractivity contribution is -0.148. The molecule has 0 radical (unpaired) electrons. The average molecular weight is 2010 g/mol. The number of carbonyl (C=O) groups is 1. The summed E-state index contributed by atoms with van der Waals surface area (Å²) in [6.07, 6.45) is 13.7. The second-order valence-corrected chi connectivity index (χ2v) is 38.3. The minimum atomic E-state index is -4.17. The number of aromatic amines is 1. The monoisotopic (exact) mass is 2010 g/mol. The van der Waals surface area contributed by atoms with Crippen molar-refractivity contribution in [1.82, 2.24) is 74.3 Å². The summed E-state index contributed by atoms with van der Waals surface area (Å²) in [5.41, 5.74) is 24.2. The first-order chi connectivity index (χ1) is 72.8. The largest absolute Gasteiger partial charge is 0.489 e. The number of piperidine rings is 2. The maximum Gasteiger partial charge on any atom is 0.401 e. The highest BCUT2D eigenvalue weighted by Crippen LogP contribution is 2.44. The van der Waals surface area contributed by atoms with Crippen LogP contribution in [0.3, 0.4) is 0 Å². The molecule has 7 aromatic carbocycles. The molecule has 23 rings (SSSR count). The Bertz CT molecular complexity index is 7310. The average Bonchev–Trinajstić information content (AvgIpc) is 1.66. The first-order valence-corrected chi connectivity index (χ1v) is 50.6. The molecule has 0 aliphatic carbocycles. The minimum absolute atomic E-state index is 0.0597. The second-order valence-electron chi connectivity index (χ2n) is 38.3. The third-order valence-electron chi connectivity index (χ3n) is 28.3. The quantitative estimate of drug-likeness (QED) is 0.0674. The van der Waals surface area contributed by atoms with E-state index in [1.165, 1.54) is 22.6 Å². The van der Waals surface area contributed by atoms with Gasteiger partial charge in [0.1, 0.15) is 132 Å². The van der Waals surface area contributed by atoms with Crippen LogP contribution >= 0.6 is 0 Å². The van der Waals surface area contributed by atoms with E-state index in [1.54, 1.807) is 40.6 Å². The van der Waals surface area contributed by atoms with Gasteiger partial charge in [0.25, 0.3) is 0 Å². The van der Waals surface area contributed by atoms with Crippen molar-refractivity contribution in [2.24, 2.45) is 22.0 Å². The number of aryl methyl sites for hydroxylation is 2. The van der Waals surface area contributed by atoms with Crippen molar-refractivity contribution >= 4 is 62.6 Å². The van der Waals surface area contributed by atoms with Crippen LogP contribution in [0.4, 0.5) is 41.6 Å². The van der Waals surface area contributed by atoms with Crippen LogP contribution in [-0.2, 0) is 50.1 Å². The van der Waals surface area contributed by atoms with E-state index in [0.717, 1.165) is 204 Å². The molecule has 1 amide bonds. The van der Waals surface area contributed by atoms with Gasteiger partial charge in [-0.2, -0.15) is 39.3 Å². The van der Waals surface area contributed by atoms with Crippen LogP contribution in [0.2, 0.25) is 0 Å². The molecule has 34 nitrogen and oxygen atoms in total. The highest BCUT2D eigenvalue weighted by Gasteiger charge is 2.36. The number of nitrogens with one attached hydrogen (secondary N) is 1. The summed E-state index contributed by atoms with van der Waals surface area (Å²) in [6, 6.07) is 56.5. The molecule has 6 aromatic heterocycles. The van der Waals surface area contributed by atoms with Gasteiger partial charge in [-0.1, -0.05) is 36.4 Å². The van der Waals surface area contributed by atoms with Gasteiger partial charge in [-0.15, -0.1) is 0 Å². The normalized spacial score (nSPS) is 17.3. The number of hydrogen-bond acceptors (Lipinski definition) is 31. The van der Waals surface area contributed by atoms with Gasteiger partial charge in [0, 0.05) is 181 Å². The first kappa shape index (κ1) is 101. The van der Waals surface area contributed by atoms with Gasteiger partial charge >= 0.3 is 6.18 Å². The van der Waals surface area contributed by atoms with Gasteiger partial charge in [0.05, 0.1) is 145 Å². The molecule has 149 heavy (non-hydrogen) atoms. The Labute approximate surface area is 859 Å². The standard InChI is InChI=1S/C33H33F3N6O3.C29H30N6O2.C28H28N6O3.C22H20N6O2/c34-33(35,36)19-41-11-7-22(8-12-41)21-1-3-23(4-2-21)27-16-28-32(40-27)31(39-20-38-28)24-5-6-29(25(15-24)17-37)45-26-9-13-42(14-10-26)30(44)18-43;1-34-10-12-35(13-11-34)23-5-2-20(3-6-23)25-17-26-29(33-25)28(32-19-31-26)21-4-7-27(22(16-21)18-30)37-24-8-14-36-15-9-24;1-18-30-25(20-4-7-24(21(16-20)17-29)37-23-8-12-35-13-9-23)26-28(31-18)33-27(32-26)19-2-5-22(6-3-19)34-10-14-36-15-11-34;1-28-12-16(11-26-28)18-9-19-22(27-18)21(25-13-24-19)14-2-3-20(15(8-14)10-23)30-17-4-6-29-7-5-17/h1-6,15,20,22,26,43H,7-14,16,18-19H2;2-7,16,19,24H,8-15,17H2,1H3;2-7,16,23H,8-15H2,1H3,(H,30,31,32,33);2-3,8,11-13,17H,4-7,9H2,1H3. The van der Waals surface area contributed by atoms with Crippen LogP contribution in [0.25, 0.3) is 67.6 Å². The molecule has 37 heteroatoms. The number of likely N-dealkylation sites (N-methyl/N-ethyl adjacent to an activating group) is 1. The number of benzene rings is 7.